The van der Waals surface area contributed by atoms with Gasteiger partial charge in [-0.3, -0.25) is 14.4 Å². The second kappa shape index (κ2) is 11.1. The molecule has 0 spiro atoms. The lowest BCUT2D eigenvalue weighted by atomic mass is 10.00. The van der Waals surface area contributed by atoms with Crippen LogP contribution in [0.2, 0.25) is 0 Å². The molecule has 6 atom stereocenters. The van der Waals surface area contributed by atoms with Crippen molar-refractivity contribution in [2.45, 2.75) is 69.9 Å². The molecule has 0 aromatic carbocycles. The Balaban J connectivity index is 2.52. The summed E-state index contributed by atoms with van der Waals surface area (Å²) in [6.07, 6.45) is -5.49. The van der Waals surface area contributed by atoms with E-state index in [1.807, 2.05) is 0 Å². The first-order valence-electron chi connectivity index (χ1n) is 8.71. The number of carboxylic acid groups (broad SMARTS) is 1. The summed E-state index contributed by atoms with van der Waals surface area (Å²) in [5, 5.41) is 42.8. The van der Waals surface area contributed by atoms with E-state index < -0.39 is 54.5 Å². The molecule has 1 aliphatic heterocycles. The Morgan fingerprint density at radius 2 is 1.78 bits per heavy atom. The topological polar surface area (TPSA) is 175 Å². The molecular weight excluding hydrogens is 364 g/mol. The quantitative estimate of drug-likeness (QED) is 0.223. The zero-order valence-electron chi connectivity index (χ0n) is 15.3. The van der Waals surface area contributed by atoms with Crippen LogP contribution in [0.3, 0.4) is 0 Å². The molecule has 11 heteroatoms. The number of ether oxygens (including phenoxy) is 2. The van der Waals surface area contributed by atoms with Crippen LogP contribution in [0.1, 0.15) is 33.1 Å². The fourth-order valence-electron chi connectivity index (χ4n) is 2.51. The van der Waals surface area contributed by atoms with Crippen molar-refractivity contribution in [1.29, 1.82) is 0 Å². The van der Waals surface area contributed by atoms with E-state index in [0.29, 0.717) is 12.8 Å². The Bertz CT molecular complexity index is 516. The zero-order valence-corrected chi connectivity index (χ0v) is 15.3. The third kappa shape index (κ3) is 7.77. The minimum atomic E-state index is -1.52. The monoisotopic (exact) mass is 392 g/mol. The average Bonchev–Trinajstić information content (AvgIpc) is 2.59. The van der Waals surface area contributed by atoms with E-state index in [2.05, 4.69) is 10.6 Å². The second-order valence-corrected chi connectivity index (χ2v) is 6.41. The highest BCUT2D eigenvalue weighted by molar-refractivity contribution is 5.86. The fourth-order valence-corrected chi connectivity index (χ4v) is 2.51. The summed E-state index contributed by atoms with van der Waals surface area (Å²) in [5.74, 6) is -1.93. The summed E-state index contributed by atoms with van der Waals surface area (Å²) >= 11 is 0. The summed E-state index contributed by atoms with van der Waals surface area (Å²) < 4.78 is 10.6. The van der Waals surface area contributed by atoms with Crippen LogP contribution in [0.25, 0.3) is 0 Å². The van der Waals surface area contributed by atoms with Crippen molar-refractivity contribution in [3.05, 3.63) is 0 Å². The Morgan fingerprint density at radius 1 is 1.11 bits per heavy atom. The van der Waals surface area contributed by atoms with E-state index in [-0.39, 0.29) is 19.6 Å². The number of amides is 2. The Kier molecular flexibility index (Phi) is 9.60. The summed E-state index contributed by atoms with van der Waals surface area (Å²) in [6.45, 7) is 2.61. The van der Waals surface area contributed by atoms with Crippen LogP contribution in [-0.2, 0) is 23.9 Å². The smallest absolute Gasteiger partial charge is 0.303 e. The number of hydrogen-bond acceptors (Lipinski definition) is 8. The van der Waals surface area contributed by atoms with E-state index in [1.54, 1.807) is 0 Å². The number of carbonyl (C=O) groups excluding carboxylic acids is 2. The van der Waals surface area contributed by atoms with Crippen LogP contribution in [-0.4, -0.2) is 88.1 Å². The van der Waals surface area contributed by atoms with Crippen molar-refractivity contribution in [1.82, 2.24) is 10.6 Å². The maximum atomic E-state index is 12.2. The molecule has 1 heterocycles. The Labute approximate surface area is 156 Å². The van der Waals surface area contributed by atoms with Gasteiger partial charge in [-0.2, -0.15) is 0 Å². The number of carboxylic acids is 1. The van der Waals surface area contributed by atoms with Gasteiger partial charge in [-0.25, -0.2) is 0 Å². The van der Waals surface area contributed by atoms with Crippen LogP contribution in [0, 0.1) is 0 Å². The van der Waals surface area contributed by atoms with Gasteiger partial charge in [-0.05, 0) is 19.8 Å². The molecule has 1 aliphatic rings. The van der Waals surface area contributed by atoms with E-state index in [9.17, 15) is 29.7 Å². The first-order chi connectivity index (χ1) is 12.6. The molecule has 1 fully saturated rings. The van der Waals surface area contributed by atoms with Crippen LogP contribution < -0.4 is 10.6 Å². The summed E-state index contributed by atoms with van der Waals surface area (Å²) in [6, 6.07) is -1.07. The molecule has 2 amide bonds. The molecule has 156 valence electrons. The molecule has 1 rings (SSSR count). The molecule has 0 radical (unpaired) electrons. The number of hydrogen-bond donors (Lipinski definition) is 6. The van der Waals surface area contributed by atoms with Crippen molar-refractivity contribution in [3.8, 4) is 0 Å². The SMILES string of the molecule is CC(=O)NC(COC1OC(C)C(O)C(O)C1O)C(=O)NCCCCC(=O)O. The predicted molar refractivity (Wildman–Crippen MR) is 90.4 cm³/mol. The van der Waals surface area contributed by atoms with Gasteiger partial charge in [0, 0.05) is 19.9 Å². The second-order valence-electron chi connectivity index (χ2n) is 6.41. The van der Waals surface area contributed by atoms with Gasteiger partial charge < -0.3 is 40.5 Å². The van der Waals surface area contributed by atoms with Crippen molar-refractivity contribution in [2.24, 2.45) is 0 Å². The van der Waals surface area contributed by atoms with Crippen LogP contribution in [0.15, 0.2) is 0 Å². The maximum Gasteiger partial charge on any atom is 0.303 e. The summed E-state index contributed by atoms with van der Waals surface area (Å²) in [5.41, 5.74) is 0. The number of unbranched alkanes of at least 4 members (excludes halogenated alkanes) is 1. The molecule has 11 nitrogen and oxygen atoms in total. The van der Waals surface area contributed by atoms with Gasteiger partial charge in [0.25, 0.3) is 0 Å². The van der Waals surface area contributed by atoms with Gasteiger partial charge in [-0.1, -0.05) is 0 Å². The molecular formula is C16H28N2O9. The van der Waals surface area contributed by atoms with Crippen molar-refractivity contribution in [3.63, 3.8) is 0 Å². The van der Waals surface area contributed by atoms with Crippen LogP contribution in [0.5, 0.6) is 0 Å². The van der Waals surface area contributed by atoms with Gasteiger partial charge in [0.15, 0.2) is 6.29 Å². The van der Waals surface area contributed by atoms with Crippen LogP contribution >= 0.6 is 0 Å². The lowest BCUT2D eigenvalue weighted by Crippen LogP contribution is -2.58. The molecule has 0 aromatic rings. The zero-order chi connectivity index (χ0) is 20.6. The normalized spacial score (nSPS) is 29.0. The summed E-state index contributed by atoms with van der Waals surface area (Å²) in [7, 11) is 0. The third-order valence-corrected chi connectivity index (χ3v) is 4.05. The highest BCUT2D eigenvalue weighted by atomic mass is 16.7. The lowest BCUT2D eigenvalue weighted by molar-refractivity contribution is -0.293. The van der Waals surface area contributed by atoms with E-state index in [4.69, 9.17) is 14.6 Å². The van der Waals surface area contributed by atoms with Gasteiger partial charge in [-0.15, -0.1) is 0 Å². The number of nitrogens with one attached hydrogen (secondary N) is 2. The average molecular weight is 392 g/mol. The number of aliphatic hydroxyl groups excluding tert-OH is 3. The van der Waals surface area contributed by atoms with Crippen molar-refractivity contribution < 1.29 is 44.3 Å². The molecule has 0 bridgehead atoms. The number of aliphatic hydroxyl groups is 3. The molecule has 27 heavy (non-hydrogen) atoms. The number of aliphatic carboxylic acids is 1. The molecule has 0 aromatic heterocycles. The largest absolute Gasteiger partial charge is 0.481 e. The molecule has 0 saturated carbocycles. The minimum Gasteiger partial charge on any atom is -0.481 e. The highest BCUT2D eigenvalue weighted by Gasteiger charge is 2.42. The first kappa shape index (κ1) is 23.2. The summed E-state index contributed by atoms with van der Waals surface area (Å²) in [4.78, 5) is 33.9. The first-order valence-corrected chi connectivity index (χ1v) is 8.71. The highest BCUT2D eigenvalue weighted by Crippen LogP contribution is 2.21. The van der Waals surface area contributed by atoms with Crippen molar-refractivity contribution in [2.75, 3.05) is 13.2 Å². The standard InChI is InChI=1S/C16H28N2O9/c1-8-12(22)13(23)14(24)16(27-8)26-7-10(18-9(2)19)15(25)17-6-4-3-5-11(20)21/h8,10,12-14,16,22-24H,3-7H2,1-2H3,(H,17,25)(H,18,19)(H,20,21). The lowest BCUT2D eigenvalue weighted by Gasteiger charge is -2.39. The Hall–Kier alpha value is -1.79. The molecule has 6 N–H and O–H groups in total. The number of rotatable bonds is 10. The molecule has 0 aliphatic carbocycles. The van der Waals surface area contributed by atoms with E-state index in [1.165, 1.54) is 13.8 Å². The maximum absolute atomic E-state index is 12.2. The van der Waals surface area contributed by atoms with Gasteiger partial charge >= 0.3 is 5.97 Å². The Morgan fingerprint density at radius 3 is 2.37 bits per heavy atom. The molecule has 6 unspecified atom stereocenters. The molecule has 1 saturated heterocycles. The van der Waals surface area contributed by atoms with E-state index in [0.717, 1.165) is 0 Å². The third-order valence-electron chi connectivity index (χ3n) is 4.05. The van der Waals surface area contributed by atoms with Crippen molar-refractivity contribution >= 4 is 17.8 Å². The minimum absolute atomic E-state index is 0.00260. The predicted octanol–water partition coefficient (Wildman–Crippen LogP) is -2.29. The van der Waals surface area contributed by atoms with Gasteiger partial charge in [0.2, 0.25) is 11.8 Å². The van der Waals surface area contributed by atoms with Crippen LogP contribution in [0.4, 0.5) is 0 Å². The number of carbonyl (C=O) groups is 3. The van der Waals surface area contributed by atoms with Gasteiger partial charge in [0.1, 0.15) is 24.4 Å². The van der Waals surface area contributed by atoms with E-state index >= 15 is 0 Å². The fraction of sp³-hybridized carbons (Fsp3) is 0.812. The van der Waals surface area contributed by atoms with Gasteiger partial charge in [0.05, 0.1) is 12.7 Å².